The molecule has 1 unspecified atom stereocenters. The molecule has 1 heterocycles. The van der Waals surface area contributed by atoms with Gasteiger partial charge in [-0.25, -0.2) is 0 Å². The molecule has 15 heavy (non-hydrogen) atoms. The highest BCUT2D eigenvalue weighted by Crippen LogP contribution is 2.48. The lowest BCUT2D eigenvalue weighted by molar-refractivity contribution is 0.0928. The molecule has 1 fully saturated rings. The summed E-state index contributed by atoms with van der Waals surface area (Å²) in [5.41, 5.74) is 7.58. The minimum absolute atomic E-state index is 0.0694. The standard InChI is InChI=1S/C12H19N3/c1-14-9-12(6-4-7-12)11(13)10-5-2-3-8-15-10/h2-3,5,8,11,14H,4,6-7,9,13H2,1H3. The van der Waals surface area contributed by atoms with E-state index in [2.05, 4.69) is 10.3 Å². The monoisotopic (exact) mass is 205 g/mol. The molecule has 0 saturated heterocycles. The molecule has 2 rings (SSSR count). The summed E-state index contributed by atoms with van der Waals surface area (Å²) in [5.74, 6) is 0. The highest BCUT2D eigenvalue weighted by atomic mass is 14.9. The number of nitrogens with two attached hydrogens (primary N) is 1. The third-order valence-electron chi connectivity index (χ3n) is 3.54. The predicted molar refractivity (Wildman–Crippen MR) is 61.4 cm³/mol. The Morgan fingerprint density at radius 2 is 2.33 bits per heavy atom. The van der Waals surface area contributed by atoms with Gasteiger partial charge in [0.05, 0.1) is 11.7 Å². The fourth-order valence-electron chi connectivity index (χ4n) is 2.45. The number of nitrogens with zero attached hydrogens (tertiary/aromatic N) is 1. The third-order valence-corrected chi connectivity index (χ3v) is 3.54. The molecule has 0 amide bonds. The summed E-state index contributed by atoms with van der Waals surface area (Å²) >= 11 is 0. The summed E-state index contributed by atoms with van der Waals surface area (Å²) in [7, 11) is 1.99. The highest BCUT2D eigenvalue weighted by molar-refractivity contribution is 5.14. The first kappa shape index (κ1) is 10.6. The van der Waals surface area contributed by atoms with Crippen LogP contribution in [0.3, 0.4) is 0 Å². The largest absolute Gasteiger partial charge is 0.322 e. The fourth-order valence-corrected chi connectivity index (χ4v) is 2.45. The van der Waals surface area contributed by atoms with Gasteiger partial charge in [0.25, 0.3) is 0 Å². The topological polar surface area (TPSA) is 50.9 Å². The number of hydrogen-bond donors (Lipinski definition) is 2. The van der Waals surface area contributed by atoms with Crippen LogP contribution in [0.15, 0.2) is 24.4 Å². The summed E-state index contributed by atoms with van der Waals surface area (Å²) < 4.78 is 0. The van der Waals surface area contributed by atoms with Crippen molar-refractivity contribution >= 4 is 0 Å². The van der Waals surface area contributed by atoms with Gasteiger partial charge in [-0.05, 0) is 32.0 Å². The van der Waals surface area contributed by atoms with E-state index >= 15 is 0 Å². The molecule has 0 bridgehead atoms. The zero-order valence-electron chi connectivity index (χ0n) is 9.24. The Morgan fingerprint density at radius 3 is 2.80 bits per heavy atom. The molecule has 1 atom stereocenters. The van der Waals surface area contributed by atoms with Crippen molar-refractivity contribution in [2.45, 2.75) is 25.3 Å². The molecule has 1 aromatic rings. The molecule has 3 heteroatoms. The molecule has 0 aromatic carbocycles. The summed E-state index contributed by atoms with van der Waals surface area (Å²) in [6.07, 6.45) is 5.54. The molecule has 3 nitrogen and oxygen atoms in total. The van der Waals surface area contributed by atoms with Crippen LogP contribution in [0.1, 0.15) is 31.0 Å². The Kier molecular flexibility index (Phi) is 3.03. The van der Waals surface area contributed by atoms with Gasteiger partial charge in [0.1, 0.15) is 0 Å². The summed E-state index contributed by atoms with van der Waals surface area (Å²) in [4.78, 5) is 4.36. The van der Waals surface area contributed by atoms with E-state index in [1.54, 1.807) is 0 Å². The molecule has 1 aromatic heterocycles. The van der Waals surface area contributed by atoms with Crippen molar-refractivity contribution in [2.75, 3.05) is 13.6 Å². The van der Waals surface area contributed by atoms with Crippen LogP contribution in [0.2, 0.25) is 0 Å². The lowest BCUT2D eigenvalue weighted by Crippen LogP contribution is -2.47. The molecule has 0 spiro atoms. The molecule has 82 valence electrons. The second-order valence-electron chi connectivity index (χ2n) is 4.48. The molecule has 3 N–H and O–H groups in total. The van der Waals surface area contributed by atoms with Crippen LogP contribution < -0.4 is 11.1 Å². The first-order chi connectivity index (χ1) is 7.28. The molecule has 0 radical (unpaired) electrons. The van der Waals surface area contributed by atoms with E-state index in [9.17, 15) is 0 Å². The van der Waals surface area contributed by atoms with Gasteiger partial charge < -0.3 is 11.1 Å². The number of hydrogen-bond acceptors (Lipinski definition) is 3. The van der Waals surface area contributed by atoms with Crippen molar-refractivity contribution in [3.05, 3.63) is 30.1 Å². The van der Waals surface area contributed by atoms with Crippen LogP contribution in [0.5, 0.6) is 0 Å². The van der Waals surface area contributed by atoms with Crippen LogP contribution in [0.4, 0.5) is 0 Å². The maximum atomic E-state index is 6.32. The normalized spacial score (nSPS) is 20.7. The lowest BCUT2D eigenvalue weighted by Gasteiger charge is -2.46. The zero-order chi connectivity index (χ0) is 10.7. The molecular formula is C12H19N3. The molecule has 0 aliphatic heterocycles. The molecule has 1 aliphatic rings. The van der Waals surface area contributed by atoms with Crippen molar-refractivity contribution < 1.29 is 0 Å². The van der Waals surface area contributed by atoms with E-state index in [0.29, 0.717) is 0 Å². The Bertz CT molecular complexity index is 306. The highest BCUT2D eigenvalue weighted by Gasteiger charge is 2.42. The van der Waals surface area contributed by atoms with E-state index in [1.165, 1.54) is 19.3 Å². The lowest BCUT2D eigenvalue weighted by atomic mass is 9.63. The summed E-state index contributed by atoms with van der Waals surface area (Å²) in [6.45, 7) is 0.991. The van der Waals surface area contributed by atoms with Gasteiger partial charge in [-0.1, -0.05) is 12.5 Å². The van der Waals surface area contributed by atoms with Gasteiger partial charge in [0.15, 0.2) is 0 Å². The minimum Gasteiger partial charge on any atom is -0.322 e. The maximum absolute atomic E-state index is 6.32. The van der Waals surface area contributed by atoms with Crippen LogP contribution in [-0.2, 0) is 0 Å². The Balaban J connectivity index is 2.15. The minimum atomic E-state index is 0.0694. The van der Waals surface area contributed by atoms with E-state index < -0.39 is 0 Å². The smallest absolute Gasteiger partial charge is 0.0577 e. The van der Waals surface area contributed by atoms with Gasteiger partial charge in [-0.15, -0.1) is 0 Å². The number of rotatable bonds is 4. The van der Waals surface area contributed by atoms with E-state index in [4.69, 9.17) is 5.73 Å². The van der Waals surface area contributed by atoms with Crippen LogP contribution in [0, 0.1) is 5.41 Å². The molecule has 1 aliphatic carbocycles. The first-order valence-corrected chi connectivity index (χ1v) is 5.60. The van der Waals surface area contributed by atoms with Gasteiger partial charge >= 0.3 is 0 Å². The predicted octanol–water partition coefficient (Wildman–Crippen LogP) is 1.47. The van der Waals surface area contributed by atoms with E-state index in [0.717, 1.165) is 12.2 Å². The molecular weight excluding hydrogens is 186 g/mol. The van der Waals surface area contributed by atoms with Crippen molar-refractivity contribution in [1.29, 1.82) is 0 Å². The van der Waals surface area contributed by atoms with Gasteiger partial charge in [0.2, 0.25) is 0 Å². The average Bonchev–Trinajstić information content (AvgIpc) is 2.24. The number of aromatic nitrogens is 1. The van der Waals surface area contributed by atoms with Crippen LogP contribution in [0.25, 0.3) is 0 Å². The third kappa shape index (κ3) is 1.90. The summed E-state index contributed by atoms with van der Waals surface area (Å²) in [5, 5.41) is 3.25. The SMILES string of the molecule is CNCC1(C(N)c2ccccn2)CCC1. The first-order valence-electron chi connectivity index (χ1n) is 5.60. The summed E-state index contributed by atoms with van der Waals surface area (Å²) in [6, 6.07) is 6.04. The Hall–Kier alpha value is -0.930. The van der Waals surface area contributed by atoms with Gasteiger partial charge in [0, 0.05) is 18.2 Å². The van der Waals surface area contributed by atoms with Crippen LogP contribution in [-0.4, -0.2) is 18.6 Å². The van der Waals surface area contributed by atoms with Crippen molar-refractivity contribution in [2.24, 2.45) is 11.1 Å². The van der Waals surface area contributed by atoms with Gasteiger partial charge in [-0.2, -0.15) is 0 Å². The van der Waals surface area contributed by atoms with E-state index in [1.807, 2.05) is 31.4 Å². The van der Waals surface area contributed by atoms with Gasteiger partial charge in [-0.3, -0.25) is 4.98 Å². The van der Waals surface area contributed by atoms with E-state index in [-0.39, 0.29) is 11.5 Å². The van der Waals surface area contributed by atoms with Crippen molar-refractivity contribution in [1.82, 2.24) is 10.3 Å². The number of pyridine rings is 1. The second-order valence-corrected chi connectivity index (χ2v) is 4.48. The Labute approximate surface area is 91.1 Å². The zero-order valence-corrected chi connectivity index (χ0v) is 9.24. The number of nitrogens with one attached hydrogen (secondary N) is 1. The van der Waals surface area contributed by atoms with Crippen molar-refractivity contribution in [3.8, 4) is 0 Å². The fraction of sp³-hybridized carbons (Fsp3) is 0.583. The average molecular weight is 205 g/mol. The second kappa shape index (κ2) is 4.29. The maximum Gasteiger partial charge on any atom is 0.0577 e. The Morgan fingerprint density at radius 1 is 1.53 bits per heavy atom. The van der Waals surface area contributed by atoms with Crippen molar-refractivity contribution in [3.63, 3.8) is 0 Å². The van der Waals surface area contributed by atoms with Crippen LogP contribution >= 0.6 is 0 Å². The quantitative estimate of drug-likeness (QED) is 0.782. The molecule has 1 saturated carbocycles.